The first-order valence-corrected chi connectivity index (χ1v) is 7.83. The lowest BCUT2D eigenvalue weighted by Gasteiger charge is -2.07. The SMILES string of the molecule is Cc1noc(-c2cccnc2NCCc2nc3ccc(F)cc3[nH]2)n1. The van der Waals surface area contributed by atoms with E-state index in [2.05, 4.69) is 30.4 Å². The maximum Gasteiger partial charge on any atom is 0.261 e. The van der Waals surface area contributed by atoms with Crippen molar-refractivity contribution in [3.63, 3.8) is 0 Å². The van der Waals surface area contributed by atoms with Gasteiger partial charge in [-0.25, -0.2) is 14.4 Å². The lowest BCUT2D eigenvalue weighted by Crippen LogP contribution is -2.08. The molecular formula is C17H15FN6O. The van der Waals surface area contributed by atoms with Crippen molar-refractivity contribution in [2.45, 2.75) is 13.3 Å². The fraction of sp³-hybridized carbons (Fsp3) is 0.176. The number of nitrogens with zero attached hydrogens (tertiary/aromatic N) is 4. The van der Waals surface area contributed by atoms with Gasteiger partial charge in [0, 0.05) is 19.2 Å². The third kappa shape index (κ3) is 3.18. The van der Waals surface area contributed by atoms with E-state index in [9.17, 15) is 4.39 Å². The molecule has 25 heavy (non-hydrogen) atoms. The second-order valence-corrected chi connectivity index (χ2v) is 5.57. The summed E-state index contributed by atoms with van der Waals surface area (Å²) < 4.78 is 18.4. The molecule has 0 saturated carbocycles. The highest BCUT2D eigenvalue weighted by Crippen LogP contribution is 2.24. The minimum Gasteiger partial charge on any atom is -0.369 e. The Bertz CT molecular complexity index is 1020. The van der Waals surface area contributed by atoms with Crippen LogP contribution in [0.2, 0.25) is 0 Å². The number of anilines is 1. The summed E-state index contributed by atoms with van der Waals surface area (Å²) in [5.41, 5.74) is 2.18. The number of hydrogen-bond acceptors (Lipinski definition) is 6. The second kappa shape index (κ2) is 6.31. The highest BCUT2D eigenvalue weighted by atomic mass is 19.1. The molecule has 0 fully saturated rings. The molecule has 3 heterocycles. The minimum atomic E-state index is -0.284. The number of imidazole rings is 1. The van der Waals surface area contributed by atoms with Gasteiger partial charge in [-0.15, -0.1) is 0 Å². The zero-order valence-electron chi connectivity index (χ0n) is 13.5. The number of halogens is 1. The van der Waals surface area contributed by atoms with E-state index in [0.717, 1.165) is 16.9 Å². The molecule has 7 nitrogen and oxygen atoms in total. The van der Waals surface area contributed by atoms with Crippen molar-refractivity contribution >= 4 is 16.9 Å². The van der Waals surface area contributed by atoms with E-state index in [0.29, 0.717) is 36.0 Å². The van der Waals surface area contributed by atoms with E-state index < -0.39 is 0 Å². The van der Waals surface area contributed by atoms with E-state index in [4.69, 9.17) is 4.52 Å². The van der Waals surface area contributed by atoms with Crippen LogP contribution in [0.15, 0.2) is 41.1 Å². The molecule has 4 rings (SSSR count). The Hall–Kier alpha value is -3.29. The second-order valence-electron chi connectivity index (χ2n) is 5.57. The predicted octanol–water partition coefficient (Wildman–Crippen LogP) is 3.11. The largest absolute Gasteiger partial charge is 0.369 e. The number of hydrogen-bond donors (Lipinski definition) is 2. The van der Waals surface area contributed by atoms with Gasteiger partial charge in [-0.1, -0.05) is 5.16 Å². The molecule has 0 saturated heterocycles. The van der Waals surface area contributed by atoms with E-state index >= 15 is 0 Å². The number of aryl methyl sites for hydroxylation is 1. The molecule has 0 aliphatic heterocycles. The number of H-pyrrole nitrogens is 1. The van der Waals surface area contributed by atoms with Gasteiger partial charge < -0.3 is 14.8 Å². The minimum absolute atomic E-state index is 0.284. The number of benzene rings is 1. The highest BCUT2D eigenvalue weighted by molar-refractivity contribution is 5.75. The molecule has 2 N–H and O–H groups in total. The Morgan fingerprint density at radius 3 is 3.00 bits per heavy atom. The van der Waals surface area contributed by atoms with Gasteiger partial charge in [0.05, 0.1) is 16.6 Å². The van der Waals surface area contributed by atoms with Crippen molar-refractivity contribution in [1.82, 2.24) is 25.1 Å². The number of nitrogens with one attached hydrogen (secondary N) is 2. The van der Waals surface area contributed by atoms with Crippen LogP contribution in [0, 0.1) is 12.7 Å². The fourth-order valence-electron chi connectivity index (χ4n) is 2.58. The molecule has 8 heteroatoms. The first-order valence-electron chi connectivity index (χ1n) is 7.83. The fourth-order valence-corrected chi connectivity index (χ4v) is 2.58. The Morgan fingerprint density at radius 1 is 1.24 bits per heavy atom. The van der Waals surface area contributed by atoms with E-state index in [1.807, 2.05) is 12.1 Å². The van der Waals surface area contributed by atoms with Crippen LogP contribution >= 0.6 is 0 Å². The summed E-state index contributed by atoms with van der Waals surface area (Å²) in [6, 6.07) is 8.18. The van der Waals surface area contributed by atoms with Crippen molar-refractivity contribution < 1.29 is 8.91 Å². The van der Waals surface area contributed by atoms with Crippen LogP contribution in [0.1, 0.15) is 11.6 Å². The Balaban J connectivity index is 1.48. The van der Waals surface area contributed by atoms with E-state index in [1.54, 1.807) is 19.2 Å². The number of aromatic nitrogens is 5. The van der Waals surface area contributed by atoms with Crippen molar-refractivity contribution in [3.05, 3.63) is 54.0 Å². The van der Waals surface area contributed by atoms with Crippen LogP contribution in [0.4, 0.5) is 10.2 Å². The molecule has 0 spiro atoms. The molecule has 1 aromatic carbocycles. The monoisotopic (exact) mass is 338 g/mol. The van der Waals surface area contributed by atoms with Crippen molar-refractivity contribution in [2.24, 2.45) is 0 Å². The van der Waals surface area contributed by atoms with Crippen LogP contribution in [-0.4, -0.2) is 31.6 Å². The van der Waals surface area contributed by atoms with Crippen LogP contribution in [0.25, 0.3) is 22.5 Å². The molecular weight excluding hydrogens is 323 g/mol. The number of pyridine rings is 1. The van der Waals surface area contributed by atoms with Gasteiger partial charge in [-0.2, -0.15) is 4.98 Å². The van der Waals surface area contributed by atoms with Gasteiger partial charge in [0.1, 0.15) is 17.5 Å². The summed E-state index contributed by atoms with van der Waals surface area (Å²) >= 11 is 0. The molecule has 0 bridgehead atoms. The van der Waals surface area contributed by atoms with Gasteiger partial charge in [0.15, 0.2) is 5.82 Å². The maximum absolute atomic E-state index is 13.2. The zero-order valence-corrected chi connectivity index (χ0v) is 13.5. The normalized spacial score (nSPS) is 11.1. The average molecular weight is 338 g/mol. The predicted molar refractivity (Wildman–Crippen MR) is 90.5 cm³/mol. The zero-order chi connectivity index (χ0) is 17.2. The molecule has 126 valence electrons. The lowest BCUT2D eigenvalue weighted by molar-refractivity contribution is 0.425. The maximum atomic E-state index is 13.2. The number of fused-ring (bicyclic) bond motifs is 1. The van der Waals surface area contributed by atoms with Crippen molar-refractivity contribution in [1.29, 1.82) is 0 Å². The Kier molecular flexibility index (Phi) is 3.85. The lowest BCUT2D eigenvalue weighted by atomic mass is 10.2. The average Bonchev–Trinajstić information content (AvgIpc) is 3.21. The summed E-state index contributed by atoms with van der Waals surface area (Å²) in [6.45, 7) is 2.36. The number of rotatable bonds is 5. The molecule has 0 aliphatic rings. The molecule has 4 aromatic rings. The van der Waals surface area contributed by atoms with E-state index in [1.165, 1.54) is 12.1 Å². The standard InChI is InChI=1S/C17H15FN6O/c1-10-21-17(25-24-10)12-3-2-7-19-16(12)20-8-6-15-22-13-5-4-11(18)9-14(13)23-15/h2-5,7,9H,6,8H2,1H3,(H,19,20)(H,22,23). The summed E-state index contributed by atoms with van der Waals surface area (Å²) in [5, 5.41) is 7.06. The van der Waals surface area contributed by atoms with Crippen LogP contribution in [0.5, 0.6) is 0 Å². The topological polar surface area (TPSA) is 92.5 Å². The molecule has 0 atom stereocenters. The summed E-state index contributed by atoms with van der Waals surface area (Å²) in [4.78, 5) is 16.1. The molecule has 0 aliphatic carbocycles. The quantitative estimate of drug-likeness (QED) is 0.581. The molecule has 0 unspecified atom stereocenters. The van der Waals surface area contributed by atoms with Gasteiger partial charge in [-0.3, -0.25) is 0 Å². The smallest absolute Gasteiger partial charge is 0.261 e. The van der Waals surface area contributed by atoms with Crippen LogP contribution in [-0.2, 0) is 6.42 Å². The van der Waals surface area contributed by atoms with Gasteiger partial charge in [0.25, 0.3) is 5.89 Å². The first kappa shape index (κ1) is 15.3. The highest BCUT2D eigenvalue weighted by Gasteiger charge is 2.12. The summed E-state index contributed by atoms with van der Waals surface area (Å²) in [5.74, 6) is 2.15. The van der Waals surface area contributed by atoms with Crippen molar-refractivity contribution in [3.8, 4) is 11.5 Å². The molecule has 3 aromatic heterocycles. The number of aromatic amines is 1. The van der Waals surface area contributed by atoms with Gasteiger partial charge in [-0.05, 0) is 37.3 Å². The van der Waals surface area contributed by atoms with Crippen LogP contribution in [0.3, 0.4) is 0 Å². The summed E-state index contributed by atoms with van der Waals surface area (Å²) in [6.07, 6.45) is 2.33. The molecule has 0 radical (unpaired) electrons. The third-order valence-electron chi connectivity index (χ3n) is 3.71. The molecule has 0 amide bonds. The third-order valence-corrected chi connectivity index (χ3v) is 3.71. The Labute approximate surface area is 142 Å². The van der Waals surface area contributed by atoms with Gasteiger partial charge >= 0.3 is 0 Å². The summed E-state index contributed by atoms with van der Waals surface area (Å²) in [7, 11) is 0. The van der Waals surface area contributed by atoms with Gasteiger partial charge in [0.2, 0.25) is 0 Å². The Morgan fingerprint density at radius 2 is 2.16 bits per heavy atom. The van der Waals surface area contributed by atoms with Crippen molar-refractivity contribution in [2.75, 3.05) is 11.9 Å². The van der Waals surface area contributed by atoms with E-state index in [-0.39, 0.29) is 5.82 Å². The first-order chi connectivity index (χ1) is 12.2. The van der Waals surface area contributed by atoms with Crippen LogP contribution < -0.4 is 5.32 Å².